The maximum atomic E-state index is 15.0. The van der Waals surface area contributed by atoms with Crippen LogP contribution in [0.25, 0.3) is 0 Å². The van der Waals surface area contributed by atoms with E-state index in [1.54, 1.807) is 98.5 Å². The van der Waals surface area contributed by atoms with Crippen LogP contribution in [0, 0.1) is 23.7 Å². The number of carbonyl (C=O) groups is 12. The molecular formula is C73H116N8O25. The lowest BCUT2D eigenvalue weighted by Crippen LogP contribution is -2.63. The summed E-state index contributed by atoms with van der Waals surface area (Å²) in [4.78, 5) is 171. The second-order valence-corrected chi connectivity index (χ2v) is 28.0. The molecule has 0 saturated carbocycles. The van der Waals surface area contributed by atoms with E-state index in [0.717, 1.165) is 32.8 Å². The minimum Gasteiger partial charge on any atom is -0.467 e. The number of nitrogens with zero attached hydrogens (tertiary/aromatic N) is 3. The third-order valence-corrected chi connectivity index (χ3v) is 17.8. The van der Waals surface area contributed by atoms with E-state index in [4.69, 9.17) is 56.9 Å². The molecule has 0 spiro atoms. The molecule has 0 radical (unpaired) electrons. The van der Waals surface area contributed by atoms with Gasteiger partial charge in [0.2, 0.25) is 47.8 Å². The van der Waals surface area contributed by atoms with Gasteiger partial charge >= 0.3 is 36.1 Å². The van der Waals surface area contributed by atoms with Gasteiger partial charge < -0.3 is 88.3 Å². The van der Waals surface area contributed by atoms with Crippen LogP contribution < -0.4 is 26.7 Å². The predicted octanol–water partition coefficient (Wildman–Crippen LogP) is 4.75. The van der Waals surface area contributed by atoms with E-state index in [1.165, 1.54) is 46.1 Å². The molecule has 106 heavy (non-hydrogen) atoms. The van der Waals surface area contributed by atoms with Gasteiger partial charge in [-0.1, -0.05) is 85.2 Å². The van der Waals surface area contributed by atoms with Crippen LogP contribution in [0.5, 0.6) is 0 Å². The van der Waals surface area contributed by atoms with Crippen LogP contribution in [0.2, 0.25) is 0 Å². The lowest BCUT2D eigenvalue weighted by atomic mass is 9.89. The number of likely N-dealkylation sites (N-methyl/N-ethyl adjacent to an activating group) is 2. The van der Waals surface area contributed by atoms with Crippen molar-refractivity contribution in [3.63, 3.8) is 0 Å². The van der Waals surface area contributed by atoms with Crippen LogP contribution in [0.4, 0.5) is 9.59 Å². The topological polar surface area (TPSA) is 406 Å². The van der Waals surface area contributed by atoms with Crippen molar-refractivity contribution in [2.45, 2.75) is 234 Å². The van der Waals surface area contributed by atoms with Crippen LogP contribution in [0.3, 0.4) is 0 Å². The van der Waals surface area contributed by atoms with Crippen LogP contribution in [0.1, 0.15) is 161 Å². The molecule has 15 atom stereocenters. The Balaban J connectivity index is 1.93. The number of carbonyl (C=O) groups excluding carboxylic acids is 12. The summed E-state index contributed by atoms with van der Waals surface area (Å²) < 4.78 is 62.1. The summed E-state index contributed by atoms with van der Waals surface area (Å²) in [6.45, 7) is 24.9. The van der Waals surface area contributed by atoms with Crippen molar-refractivity contribution < 1.29 is 120 Å². The SMILES string of the molecule is CC[C@H](C)[C@@H]([C@@H](CC(=O)N1CCC[C@H]1[C@H](OC)[C@@H](C)C(=O)N[C@H](C)[C@@H](O)c1ccccc1)OC)N(C)C(=O)[C@@H](NC(=O)[C@H](C(C)C)N(C)C(=O)OCC(/C=C(\C)NC(=O)CCC(=O)NCCOCCONC(=O)OC(C)(C)C)=C(/C)O[C@@H]1OC(C(=O)OC)[C@@H](OC(C)=O)C(OC(C)=O)C1OC(C)=O)C(C)C. The minimum atomic E-state index is -1.88. The van der Waals surface area contributed by atoms with Crippen molar-refractivity contribution in [1.82, 2.24) is 41.4 Å². The van der Waals surface area contributed by atoms with Crippen molar-refractivity contribution in [2.75, 3.05) is 74.9 Å². The Morgan fingerprint density at radius 1 is 0.736 bits per heavy atom. The van der Waals surface area contributed by atoms with Gasteiger partial charge in [0.25, 0.3) is 0 Å². The quantitative estimate of drug-likeness (QED) is 0.0129. The lowest BCUT2D eigenvalue weighted by Gasteiger charge is -2.43. The Kier molecular flexibility index (Phi) is 38.6. The van der Waals surface area contributed by atoms with Crippen molar-refractivity contribution in [2.24, 2.45) is 23.7 Å². The highest BCUT2D eigenvalue weighted by Gasteiger charge is 2.56. The first-order valence-electron chi connectivity index (χ1n) is 35.6. The molecule has 2 aliphatic rings. The number of rotatable bonds is 40. The number of nitrogens with one attached hydrogen (secondary N) is 5. The van der Waals surface area contributed by atoms with E-state index in [-0.39, 0.29) is 80.4 Å². The van der Waals surface area contributed by atoms with Gasteiger partial charge in [-0.25, -0.2) is 14.4 Å². The molecule has 3 unspecified atom stereocenters. The van der Waals surface area contributed by atoms with E-state index in [9.17, 15) is 57.8 Å². The fourth-order valence-corrected chi connectivity index (χ4v) is 12.4. The standard InChI is InChI=1S/C73H116N8O25/c1-22-42(6)59(53(95-19)38-56(87)81-33-26-29-52(81)61(96-20)44(8)66(89)76-45(9)60(88)50-27-24-23-25-28-50)79(17)68(91)57(40(2)3)77-67(90)58(41(4)5)80(18)72(94)99-39-51(37-43(7)75-55(86)31-30-54(85)74-32-34-98-35-36-100-78-71(93)106-73(14,15)16)46(10)101-70-65(104-49(13)84)63(103-48(12)83)62(102-47(11)82)64(105-70)69(92)97-21/h23-25,27-28,37,40-42,44-45,52-53,57-65,70,88H,22,26,29-36,38-39H2,1-21H3,(H,74,85)(H,75,86)(H,76,89)(H,77,90)(H,78,93)/b43-37+,51-46-/t42-,44+,45+,52-,53+,57-,58-,59-,60+,61+,62-,63?,64?,65?,70+/m0/s1. The number of allylic oxidation sites excluding steroid dienone is 2. The van der Waals surface area contributed by atoms with Gasteiger partial charge in [-0.15, -0.1) is 0 Å². The number of aliphatic hydroxyl groups is 1. The van der Waals surface area contributed by atoms with Gasteiger partial charge in [-0.05, 0) is 83.8 Å². The summed E-state index contributed by atoms with van der Waals surface area (Å²) in [6, 6.07) is 4.62. The number of hydrogen-bond donors (Lipinski definition) is 6. The Labute approximate surface area is 622 Å². The Bertz CT molecular complexity index is 3160. The van der Waals surface area contributed by atoms with E-state index in [2.05, 4.69) is 26.7 Å². The molecule has 33 heteroatoms. The zero-order valence-electron chi connectivity index (χ0n) is 65.4. The Hall–Kier alpha value is -8.50. The summed E-state index contributed by atoms with van der Waals surface area (Å²) in [5, 5.41) is 22.1. The largest absolute Gasteiger partial charge is 0.467 e. The van der Waals surface area contributed by atoms with Gasteiger partial charge in [0.1, 0.15) is 30.1 Å². The zero-order valence-corrected chi connectivity index (χ0v) is 65.4. The molecule has 2 saturated heterocycles. The molecule has 1 aromatic rings. The molecular weight excluding hydrogens is 1390 g/mol. The fourth-order valence-electron chi connectivity index (χ4n) is 12.4. The van der Waals surface area contributed by atoms with Crippen molar-refractivity contribution in [1.29, 1.82) is 0 Å². The number of hydrogen-bond acceptors (Lipinski definition) is 25. The van der Waals surface area contributed by atoms with Crippen LogP contribution >= 0.6 is 0 Å². The molecule has 0 aromatic heterocycles. The average molecular weight is 1510 g/mol. The molecule has 3 rings (SSSR count). The zero-order chi connectivity index (χ0) is 80.0. The van der Waals surface area contributed by atoms with Gasteiger partial charge in [-0.2, -0.15) is 5.48 Å². The Morgan fingerprint density at radius 3 is 1.92 bits per heavy atom. The molecule has 2 heterocycles. The summed E-state index contributed by atoms with van der Waals surface area (Å²) in [6.07, 6.45) is -11.1. The summed E-state index contributed by atoms with van der Waals surface area (Å²) in [5.41, 5.74) is 2.10. The summed E-state index contributed by atoms with van der Waals surface area (Å²) >= 11 is 0. The van der Waals surface area contributed by atoms with Gasteiger partial charge in [0, 0.05) is 86.3 Å². The fraction of sp³-hybridized carbons (Fsp3) is 0.699. The molecule has 598 valence electrons. The van der Waals surface area contributed by atoms with Gasteiger partial charge in [-0.3, -0.25) is 52.9 Å². The number of likely N-dealkylation sites (tertiary alicyclic amines) is 1. The van der Waals surface area contributed by atoms with Gasteiger partial charge in [0.15, 0.2) is 18.3 Å². The molecule has 0 bridgehead atoms. The number of amides is 8. The first-order valence-corrected chi connectivity index (χ1v) is 35.6. The number of ether oxygens (including phenoxy) is 11. The first kappa shape index (κ1) is 91.7. The van der Waals surface area contributed by atoms with E-state index >= 15 is 4.79 Å². The van der Waals surface area contributed by atoms with Crippen LogP contribution in [-0.2, 0) is 105 Å². The van der Waals surface area contributed by atoms with E-state index in [1.807, 2.05) is 19.9 Å². The molecule has 0 aliphatic carbocycles. The molecule has 2 aliphatic heterocycles. The average Bonchev–Trinajstić information content (AvgIpc) is 1.04. The van der Waals surface area contributed by atoms with Gasteiger partial charge in [0.05, 0.1) is 75.7 Å². The number of methoxy groups -OCH3 is 3. The van der Waals surface area contributed by atoms with Crippen molar-refractivity contribution in [3.05, 3.63) is 59.0 Å². The summed E-state index contributed by atoms with van der Waals surface area (Å²) in [5.74, 6) is -9.36. The number of esters is 4. The normalized spacial score (nSPS) is 20.2. The maximum absolute atomic E-state index is 15.0. The minimum absolute atomic E-state index is 0.0162. The molecule has 2 fully saturated rings. The summed E-state index contributed by atoms with van der Waals surface area (Å²) in [7, 11) is 6.84. The third kappa shape index (κ3) is 29.0. The molecule has 6 N–H and O–H groups in total. The Morgan fingerprint density at radius 2 is 1.35 bits per heavy atom. The second-order valence-electron chi connectivity index (χ2n) is 28.0. The highest BCUT2D eigenvalue weighted by molar-refractivity contribution is 5.92. The van der Waals surface area contributed by atoms with Crippen LogP contribution in [-0.4, -0.2) is 245 Å². The number of aliphatic hydroxyl groups excluding tert-OH is 1. The molecule has 1 aromatic carbocycles. The maximum Gasteiger partial charge on any atom is 0.431 e. The van der Waals surface area contributed by atoms with E-state index < -0.39 is 169 Å². The predicted molar refractivity (Wildman–Crippen MR) is 381 cm³/mol. The van der Waals surface area contributed by atoms with Crippen molar-refractivity contribution in [3.8, 4) is 0 Å². The highest BCUT2D eigenvalue weighted by Crippen LogP contribution is 2.34. The number of hydroxylamine groups is 1. The first-order chi connectivity index (χ1) is 49.7. The van der Waals surface area contributed by atoms with Crippen molar-refractivity contribution >= 4 is 71.5 Å². The second kappa shape index (κ2) is 44.6. The molecule has 8 amide bonds. The van der Waals surface area contributed by atoms with E-state index in [0.29, 0.717) is 31.4 Å². The monoisotopic (exact) mass is 1500 g/mol. The van der Waals surface area contributed by atoms with Crippen LogP contribution in [0.15, 0.2) is 53.4 Å². The smallest absolute Gasteiger partial charge is 0.431 e. The highest BCUT2D eigenvalue weighted by atomic mass is 16.7. The lowest BCUT2D eigenvalue weighted by molar-refractivity contribution is -0.293. The number of benzene rings is 1. The molecule has 33 nitrogen and oxygen atoms in total. The third-order valence-electron chi connectivity index (χ3n) is 17.8.